The molecular weight excluding hydrogens is 274 g/mol. The SMILES string of the molecule is Cc1ccc(NC(=O)CN2CCCC(N)C2)cc1C.Cl. The van der Waals surface area contributed by atoms with Crippen molar-refractivity contribution in [3.63, 3.8) is 0 Å². The second-order valence-corrected chi connectivity index (χ2v) is 5.48. The zero-order valence-electron chi connectivity index (χ0n) is 12.2. The third-order valence-electron chi connectivity index (χ3n) is 3.70. The maximum atomic E-state index is 12.0. The number of amides is 1. The molecule has 1 atom stereocenters. The fraction of sp³-hybridized carbons (Fsp3) is 0.533. The van der Waals surface area contributed by atoms with Gasteiger partial charge in [-0.2, -0.15) is 0 Å². The summed E-state index contributed by atoms with van der Waals surface area (Å²) in [4.78, 5) is 14.1. The quantitative estimate of drug-likeness (QED) is 0.898. The molecule has 112 valence electrons. The minimum absolute atomic E-state index is 0. The second kappa shape index (κ2) is 7.62. The van der Waals surface area contributed by atoms with Gasteiger partial charge in [0, 0.05) is 18.3 Å². The number of piperidine rings is 1. The van der Waals surface area contributed by atoms with Gasteiger partial charge in [-0.25, -0.2) is 0 Å². The molecule has 0 radical (unpaired) electrons. The van der Waals surface area contributed by atoms with Crippen LogP contribution in [0.15, 0.2) is 18.2 Å². The van der Waals surface area contributed by atoms with Crippen LogP contribution in [-0.2, 0) is 4.79 Å². The van der Waals surface area contributed by atoms with E-state index in [4.69, 9.17) is 5.73 Å². The predicted molar refractivity (Wildman–Crippen MR) is 85.4 cm³/mol. The van der Waals surface area contributed by atoms with Gasteiger partial charge in [0.2, 0.25) is 5.91 Å². The first-order chi connectivity index (χ1) is 9.04. The summed E-state index contributed by atoms with van der Waals surface area (Å²) >= 11 is 0. The Morgan fingerprint density at radius 1 is 1.40 bits per heavy atom. The van der Waals surface area contributed by atoms with Gasteiger partial charge in [0.15, 0.2) is 0 Å². The second-order valence-electron chi connectivity index (χ2n) is 5.48. The van der Waals surface area contributed by atoms with Crippen molar-refractivity contribution >= 4 is 24.0 Å². The largest absolute Gasteiger partial charge is 0.327 e. The summed E-state index contributed by atoms with van der Waals surface area (Å²) in [6.07, 6.45) is 2.15. The smallest absolute Gasteiger partial charge is 0.238 e. The van der Waals surface area contributed by atoms with Crippen molar-refractivity contribution in [1.82, 2.24) is 4.90 Å². The molecule has 0 aromatic heterocycles. The molecule has 4 nitrogen and oxygen atoms in total. The maximum absolute atomic E-state index is 12.0. The van der Waals surface area contributed by atoms with E-state index < -0.39 is 0 Å². The lowest BCUT2D eigenvalue weighted by atomic mass is 10.1. The molecule has 1 aromatic rings. The third kappa shape index (κ3) is 4.78. The van der Waals surface area contributed by atoms with Crippen molar-refractivity contribution in [2.45, 2.75) is 32.7 Å². The molecule has 1 unspecified atom stereocenters. The zero-order chi connectivity index (χ0) is 13.8. The normalized spacial score (nSPS) is 19.2. The molecule has 2 rings (SSSR count). The lowest BCUT2D eigenvalue weighted by Crippen LogP contribution is -2.45. The van der Waals surface area contributed by atoms with Gasteiger partial charge in [-0.05, 0) is 56.5 Å². The number of carbonyl (C=O) groups is 1. The molecule has 1 fully saturated rings. The summed E-state index contributed by atoms with van der Waals surface area (Å²) in [7, 11) is 0. The molecule has 1 saturated heterocycles. The third-order valence-corrected chi connectivity index (χ3v) is 3.70. The van der Waals surface area contributed by atoms with Gasteiger partial charge < -0.3 is 11.1 Å². The lowest BCUT2D eigenvalue weighted by molar-refractivity contribution is -0.117. The molecule has 1 amide bonds. The highest BCUT2D eigenvalue weighted by Gasteiger charge is 2.18. The van der Waals surface area contributed by atoms with Crippen LogP contribution in [0.3, 0.4) is 0 Å². The molecule has 0 aliphatic carbocycles. The Bertz CT molecular complexity index is 464. The first-order valence-corrected chi connectivity index (χ1v) is 6.89. The zero-order valence-corrected chi connectivity index (χ0v) is 13.0. The van der Waals surface area contributed by atoms with E-state index in [9.17, 15) is 4.79 Å². The lowest BCUT2D eigenvalue weighted by Gasteiger charge is -2.29. The van der Waals surface area contributed by atoms with Gasteiger partial charge in [-0.1, -0.05) is 6.07 Å². The monoisotopic (exact) mass is 297 g/mol. The number of nitrogens with two attached hydrogens (primary N) is 1. The summed E-state index contributed by atoms with van der Waals surface area (Å²) < 4.78 is 0. The van der Waals surface area contributed by atoms with Gasteiger partial charge in [-0.3, -0.25) is 9.69 Å². The van der Waals surface area contributed by atoms with E-state index in [2.05, 4.69) is 24.1 Å². The number of carbonyl (C=O) groups excluding carboxylic acids is 1. The number of aryl methyl sites for hydroxylation is 2. The Hall–Kier alpha value is -1.10. The maximum Gasteiger partial charge on any atom is 0.238 e. The summed E-state index contributed by atoms with van der Waals surface area (Å²) in [5, 5.41) is 2.95. The van der Waals surface area contributed by atoms with Crippen LogP contribution >= 0.6 is 12.4 Å². The molecule has 0 saturated carbocycles. The number of hydrogen-bond donors (Lipinski definition) is 2. The van der Waals surface area contributed by atoms with Crippen LogP contribution in [0.2, 0.25) is 0 Å². The summed E-state index contributed by atoms with van der Waals surface area (Å²) in [5.74, 6) is 0.0392. The summed E-state index contributed by atoms with van der Waals surface area (Å²) in [6.45, 7) is 6.33. The molecule has 1 aromatic carbocycles. The number of nitrogens with zero attached hydrogens (tertiary/aromatic N) is 1. The molecule has 1 aliphatic rings. The van der Waals surface area contributed by atoms with E-state index in [0.717, 1.165) is 31.6 Å². The van der Waals surface area contributed by atoms with E-state index in [0.29, 0.717) is 6.54 Å². The van der Waals surface area contributed by atoms with Gasteiger partial charge in [0.05, 0.1) is 6.54 Å². The van der Waals surface area contributed by atoms with Crippen LogP contribution in [-0.4, -0.2) is 36.5 Å². The highest BCUT2D eigenvalue weighted by molar-refractivity contribution is 5.92. The van der Waals surface area contributed by atoms with Crippen LogP contribution in [0.1, 0.15) is 24.0 Å². The van der Waals surface area contributed by atoms with Crippen molar-refractivity contribution in [1.29, 1.82) is 0 Å². The topological polar surface area (TPSA) is 58.4 Å². The van der Waals surface area contributed by atoms with E-state index in [1.165, 1.54) is 11.1 Å². The highest BCUT2D eigenvalue weighted by Crippen LogP contribution is 2.14. The molecule has 0 spiro atoms. The summed E-state index contributed by atoms with van der Waals surface area (Å²) in [6, 6.07) is 6.20. The molecule has 1 heterocycles. The van der Waals surface area contributed by atoms with Crippen LogP contribution in [0, 0.1) is 13.8 Å². The molecular formula is C15H24ClN3O. The fourth-order valence-corrected chi connectivity index (χ4v) is 2.46. The van der Waals surface area contributed by atoms with Gasteiger partial charge in [0.25, 0.3) is 0 Å². The first-order valence-electron chi connectivity index (χ1n) is 6.89. The number of benzene rings is 1. The average molecular weight is 298 g/mol. The van der Waals surface area contributed by atoms with Gasteiger partial charge in [-0.15, -0.1) is 12.4 Å². The van der Waals surface area contributed by atoms with Crippen molar-refractivity contribution < 1.29 is 4.79 Å². The Labute approximate surface area is 127 Å². The molecule has 3 N–H and O–H groups in total. The number of halogens is 1. The van der Waals surface area contributed by atoms with E-state index in [-0.39, 0.29) is 24.4 Å². The van der Waals surface area contributed by atoms with Crippen molar-refractivity contribution in [3.05, 3.63) is 29.3 Å². The van der Waals surface area contributed by atoms with Crippen LogP contribution in [0.25, 0.3) is 0 Å². The Morgan fingerprint density at radius 3 is 2.80 bits per heavy atom. The number of rotatable bonds is 3. The van der Waals surface area contributed by atoms with Crippen molar-refractivity contribution in [2.24, 2.45) is 5.73 Å². The van der Waals surface area contributed by atoms with Crippen molar-refractivity contribution in [2.75, 3.05) is 25.0 Å². The minimum Gasteiger partial charge on any atom is -0.327 e. The van der Waals surface area contributed by atoms with E-state index in [1.54, 1.807) is 0 Å². The number of likely N-dealkylation sites (tertiary alicyclic amines) is 1. The molecule has 0 bridgehead atoms. The van der Waals surface area contributed by atoms with Crippen molar-refractivity contribution in [3.8, 4) is 0 Å². The fourth-order valence-electron chi connectivity index (χ4n) is 2.46. The number of hydrogen-bond acceptors (Lipinski definition) is 3. The molecule has 1 aliphatic heterocycles. The van der Waals surface area contributed by atoms with E-state index in [1.807, 2.05) is 18.2 Å². The van der Waals surface area contributed by atoms with Gasteiger partial charge >= 0.3 is 0 Å². The van der Waals surface area contributed by atoms with Crippen LogP contribution in [0.4, 0.5) is 5.69 Å². The van der Waals surface area contributed by atoms with Gasteiger partial charge in [0.1, 0.15) is 0 Å². The highest BCUT2D eigenvalue weighted by atomic mass is 35.5. The molecule has 20 heavy (non-hydrogen) atoms. The average Bonchev–Trinajstić information content (AvgIpc) is 2.34. The minimum atomic E-state index is 0. The summed E-state index contributed by atoms with van der Waals surface area (Å²) in [5.41, 5.74) is 9.21. The number of nitrogens with one attached hydrogen (secondary N) is 1. The predicted octanol–water partition coefficient (Wildman–Crippen LogP) is 2.09. The Balaban J connectivity index is 0.00000200. The Morgan fingerprint density at radius 2 is 2.15 bits per heavy atom. The van der Waals surface area contributed by atoms with E-state index >= 15 is 0 Å². The Kier molecular flexibility index (Phi) is 6.46. The molecule has 5 heteroatoms. The number of anilines is 1. The first kappa shape index (κ1) is 17.0. The standard InChI is InChI=1S/C15H23N3O.ClH/c1-11-5-6-14(8-12(11)2)17-15(19)10-18-7-3-4-13(16)9-18;/h5-6,8,13H,3-4,7,9-10,16H2,1-2H3,(H,17,19);1H. The van der Waals surface area contributed by atoms with Crippen LogP contribution in [0.5, 0.6) is 0 Å². The van der Waals surface area contributed by atoms with Crippen LogP contribution < -0.4 is 11.1 Å².